The molecular weight excluding hydrogens is 479 g/mol. The maximum absolute atomic E-state index is 13.0. The highest BCUT2D eigenvalue weighted by molar-refractivity contribution is 9.10. The van der Waals surface area contributed by atoms with Crippen LogP contribution in [0.15, 0.2) is 56.8 Å². The summed E-state index contributed by atoms with van der Waals surface area (Å²) in [6.07, 6.45) is 5.54. The van der Waals surface area contributed by atoms with Gasteiger partial charge in [0.1, 0.15) is 5.82 Å². The third-order valence-corrected chi connectivity index (χ3v) is 7.44. The van der Waals surface area contributed by atoms with Crippen LogP contribution in [-0.2, 0) is 21.2 Å². The van der Waals surface area contributed by atoms with Gasteiger partial charge in [-0.25, -0.2) is 12.8 Å². The molecule has 0 aliphatic carbocycles. The number of aromatic nitrogens is 1. The minimum atomic E-state index is -3.58. The van der Waals surface area contributed by atoms with Gasteiger partial charge in [-0.05, 0) is 48.9 Å². The molecular formula is C20H16BrFN2O3S2. The van der Waals surface area contributed by atoms with Crippen LogP contribution < -0.4 is 4.80 Å². The van der Waals surface area contributed by atoms with E-state index < -0.39 is 21.6 Å². The average molecular weight is 495 g/mol. The number of rotatable bonds is 6. The van der Waals surface area contributed by atoms with E-state index in [1.165, 1.54) is 23.5 Å². The van der Waals surface area contributed by atoms with Crippen LogP contribution in [-0.4, -0.2) is 24.6 Å². The van der Waals surface area contributed by atoms with Crippen LogP contribution in [0.5, 0.6) is 0 Å². The number of nitrogens with zero attached hydrogens (tertiary/aromatic N) is 2. The number of hydrogen-bond donors (Lipinski definition) is 0. The summed E-state index contributed by atoms with van der Waals surface area (Å²) in [6.45, 7) is 0.271. The Kier molecular flexibility index (Phi) is 6.67. The highest BCUT2D eigenvalue weighted by Gasteiger charge is 2.15. The fraction of sp³-hybridized carbons (Fsp3) is 0.200. The lowest BCUT2D eigenvalue weighted by atomic mass is 10.3. The molecule has 2 aromatic carbocycles. The van der Waals surface area contributed by atoms with Gasteiger partial charge in [0.25, 0.3) is 0 Å². The molecule has 5 nitrogen and oxygen atoms in total. The lowest BCUT2D eigenvalue weighted by Crippen LogP contribution is -2.16. The quantitative estimate of drug-likeness (QED) is 0.385. The van der Waals surface area contributed by atoms with E-state index in [1.807, 2.05) is 18.2 Å². The van der Waals surface area contributed by atoms with Gasteiger partial charge in [-0.15, -0.1) is 6.42 Å². The summed E-state index contributed by atoms with van der Waals surface area (Å²) >= 11 is 4.75. The van der Waals surface area contributed by atoms with Crippen molar-refractivity contribution in [2.75, 3.05) is 5.75 Å². The van der Waals surface area contributed by atoms with Gasteiger partial charge in [0.2, 0.25) is 5.91 Å². The van der Waals surface area contributed by atoms with Crippen molar-refractivity contribution in [3.05, 3.63) is 57.6 Å². The first-order valence-electron chi connectivity index (χ1n) is 8.58. The third-order valence-electron chi connectivity index (χ3n) is 4.09. The summed E-state index contributed by atoms with van der Waals surface area (Å²) in [7, 11) is -3.58. The minimum Gasteiger partial charge on any atom is -0.305 e. The molecule has 3 rings (SSSR count). The fourth-order valence-electron chi connectivity index (χ4n) is 2.71. The zero-order valence-corrected chi connectivity index (χ0v) is 18.4. The molecule has 1 amide bonds. The summed E-state index contributed by atoms with van der Waals surface area (Å²) in [6, 6.07) is 10.3. The normalized spacial score (nSPS) is 12.2. The van der Waals surface area contributed by atoms with E-state index in [4.69, 9.17) is 6.42 Å². The predicted molar refractivity (Wildman–Crippen MR) is 115 cm³/mol. The van der Waals surface area contributed by atoms with Gasteiger partial charge in [0.05, 0.1) is 27.4 Å². The molecule has 0 bridgehead atoms. The lowest BCUT2D eigenvalue weighted by molar-refractivity contribution is -0.118. The van der Waals surface area contributed by atoms with E-state index in [2.05, 4.69) is 26.8 Å². The maximum atomic E-state index is 13.0. The van der Waals surface area contributed by atoms with Crippen molar-refractivity contribution in [3.8, 4) is 12.3 Å². The molecule has 0 aliphatic heterocycles. The second-order valence-electron chi connectivity index (χ2n) is 6.17. The molecule has 0 radical (unpaired) electrons. The number of carbonyl (C=O) groups excluding carboxylic acids is 1. The van der Waals surface area contributed by atoms with Gasteiger partial charge in [0.15, 0.2) is 14.6 Å². The zero-order chi connectivity index (χ0) is 21.0. The van der Waals surface area contributed by atoms with Crippen LogP contribution in [0.3, 0.4) is 0 Å². The summed E-state index contributed by atoms with van der Waals surface area (Å²) in [5.74, 6) is 1.41. The largest absolute Gasteiger partial charge is 0.305 e. The Bertz CT molecular complexity index is 1270. The van der Waals surface area contributed by atoms with E-state index in [1.54, 1.807) is 4.57 Å². The molecule has 0 saturated carbocycles. The topological polar surface area (TPSA) is 68.5 Å². The van der Waals surface area contributed by atoms with E-state index in [-0.39, 0.29) is 30.0 Å². The lowest BCUT2D eigenvalue weighted by Gasteiger charge is -2.03. The van der Waals surface area contributed by atoms with E-state index in [9.17, 15) is 17.6 Å². The number of thiazole rings is 1. The van der Waals surface area contributed by atoms with Crippen LogP contribution in [0.4, 0.5) is 4.39 Å². The molecule has 1 aromatic heterocycles. The SMILES string of the molecule is C#CCn1c(=NC(=O)CCCS(=O)(=O)c2ccc(F)cc2)sc2cc(Br)ccc21. The van der Waals surface area contributed by atoms with E-state index >= 15 is 0 Å². The van der Waals surface area contributed by atoms with Gasteiger partial charge >= 0.3 is 0 Å². The van der Waals surface area contributed by atoms with Crippen molar-refractivity contribution in [1.82, 2.24) is 4.57 Å². The molecule has 0 spiro atoms. The molecule has 0 unspecified atom stereocenters. The Hall–Kier alpha value is -2.28. The summed E-state index contributed by atoms with van der Waals surface area (Å²) in [5, 5.41) is 0. The molecule has 0 aliphatic rings. The molecule has 0 fully saturated rings. The number of terminal acetylenes is 1. The maximum Gasteiger partial charge on any atom is 0.248 e. The first kappa shape index (κ1) is 21.4. The zero-order valence-electron chi connectivity index (χ0n) is 15.1. The molecule has 0 atom stereocenters. The van der Waals surface area contributed by atoms with Crippen molar-refractivity contribution in [2.45, 2.75) is 24.3 Å². The molecule has 29 heavy (non-hydrogen) atoms. The summed E-state index contributed by atoms with van der Waals surface area (Å²) < 4.78 is 41.1. The average Bonchev–Trinajstić information content (AvgIpc) is 2.98. The van der Waals surface area contributed by atoms with Crippen LogP contribution in [0.1, 0.15) is 12.8 Å². The van der Waals surface area contributed by atoms with Crippen molar-refractivity contribution < 1.29 is 17.6 Å². The second-order valence-corrected chi connectivity index (χ2v) is 10.2. The van der Waals surface area contributed by atoms with Crippen molar-refractivity contribution in [1.29, 1.82) is 0 Å². The van der Waals surface area contributed by atoms with Gasteiger partial charge in [-0.3, -0.25) is 4.79 Å². The molecule has 0 N–H and O–H groups in total. The Morgan fingerprint density at radius 3 is 2.66 bits per heavy atom. The highest BCUT2D eigenvalue weighted by atomic mass is 79.9. The van der Waals surface area contributed by atoms with Crippen molar-refractivity contribution >= 4 is 53.2 Å². The third kappa shape index (κ3) is 5.21. The van der Waals surface area contributed by atoms with Crippen molar-refractivity contribution in [2.24, 2.45) is 4.99 Å². The van der Waals surface area contributed by atoms with Crippen LogP contribution >= 0.6 is 27.3 Å². The van der Waals surface area contributed by atoms with Gasteiger partial charge in [-0.2, -0.15) is 4.99 Å². The Morgan fingerprint density at radius 1 is 1.24 bits per heavy atom. The number of fused-ring (bicyclic) bond motifs is 1. The number of halogens is 2. The fourth-order valence-corrected chi connectivity index (χ4v) is 5.62. The standard InChI is InChI=1S/C20H16BrFN2O3S2/c1-2-11-24-17-10-5-14(21)13-18(17)28-20(24)23-19(25)4-3-12-29(26,27)16-8-6-15(22)7-9-16/h1,5-10,13H,3-4,11-12H2. The molecule has 0 saturated heterocycles. The number of hydrogen-bond acceptors (Lipinski definition) is 4. The van der Waals surface area contributed by atoms with Gasteiger partial charge < -0.3 is 4.57 Å². The number of sulfone groups is 1. The summed E-state index contributed by atoms with van der Waals surface area (Å²) in [5.41, 5.74) is 0.876. The van der Waals surface area contributed by atoms with Crippen LogP contribution in [0.25, 0.3) is 10.2 Å². The van der Waals surface area contributed by atoms with Crippen molar-refractivity contribution in [3.63, 3.8) is 0 Å². The Labute approximate surface area is 180 Å². The molecule has 1 heterocycles. The minimum absolute atomic E-state index is 0.0194. The Balaban J connectivity index is 1.75. The first-order valence-corrected chi connectivity index (χ1v) is 11.8. The summed E-state index contributed by atoms with van der Waals surface area (Å²) in [4.78, 5) is 16.9. The van der Waals surface area contributed by atoms with Crippen LogP contribution in [0.2, 0.25) is 0 Å². The Morgan fingerprint density at radius 2 is 1.97 bits per heavy atom. The highest BCUT2D eigenvalue weighted by Crippen LogP contribution is 2.22. The van der Waals surface area contributed by atoms with E-state index in [0.29, 0.717) is 4.80 Å². The molecule has 3 aromatic rings. The van der Waals surface area contributed by atoms with E-state index in [0.717, 1.165) is 26.8 Å². The molecule has 150 valence electrons. The monoisotopic (exact) mass is 494 g/mol. The number of benzene rings is 2. The predicted octanol–water partition coefficient (Wildman–Crippen LogP) is 3.92. The second kappa shape index (κ2) is 9.03. The van der Waals surface area contributed by atoms with Gasteiger partial charge in [0, 0.05) is 10.9 Å². The van der Waals surface area contributed by atoms with Gasteiger partial charge in [-0.1, -0.05) is 33.2 Å². The van der Waals surface area contributed by atoms with Crippen LogP contribution in [0, 0.1) is 18.2 Å². The number of amides is 1. The molecule has 9 heteroatoms. The number of carbonyl (C=O) groups is 1. The first-order chi connectivity index (χ1) is 13.8. The smallest absolute Gasteiger partial charge is 0.248 e.